The summed E-state index contributed by atoms with van der Waals surface area (Å²) in [5.41, 5.74) is 3.93. The number of thioether (sulfide) groups is 1. The molecule has 0 spiro atoms. The highest BCUT2D eigenvalue weighted by molar-refractivity contribution is 7.99. The first kappa shape index (κ1) is 22.4. The first-order chi connectivity index (χ1) is 14.7. The highest BCUT2D eigenvalue weighted by Crippen LogP contribution is 2.32. The molecule has 0 saturated carbocycles. The van der Waals surface area contributed by atoms with E-state index in [2.05, 4.69) is 122 Å². The summed E-state index contributed by atoms with van der Waals surface area (Å²) in [5, 5.41) is 0.626. The van der Waals surface area contributed by atoms with E-state index < -0.39 is 0 Å². The Balaban J connectivity index is 1.67. The van der Waals surface area contributed by atoms with E-state index in [1.165, 1.54) is 23.1 Å². The van der Waals surface area contributed by atoms with Crippen molar-refractivity contribution in [2.75, 3.05) is 0 Å². The minimum absolute atomic E-state index is 0.508. The lowest BCUT2D eigenvalue weighted by Crippen LogP contribution is -2.16. The maximum Gasteiger partial charge on any atom is 0.0270 e. The van der Waals surface area contributed by atoms with Gasteiger partial charge in [0.25, 0.3) is 0 Å². The van der Waals surface area contributed by atoms with Crippen LogP contribution in [0.3, 0.4) is 0 Å². The van der Waals surface area contributed by atoms with E-state index in [-0.39, 0.29) is 0 Å². The molecule has 1 heterocycles. The van der Waals surface area contributed by atoms with Crippen molar-refractivity contribution in [1.82, 2.24) is 4.98 Å². The molecule has 2 heteroatoms. The number of hydrogen-bond acceptors (Lipinski definition) is 2. The van der Waals surface area contributed by atoms with E-state index in [1.54, 1.807) is 0 Å². The number of aromatic nitrogens is 1. The molecule has 0 aliphatic rings. The molecule has 155 valence electrons. The minimum atomic E-state index is 0.508. The van der Waals surface area contributed by atoms with Crippen LogP contribution in [0.25, 0.3) is 6.08 Å². The molecule has 0 amide bonds. The average molecular weight is 415 g/mol. The van der Waals surface area contributed by atoms with Gasteiger partial charge in [-0.25, -0.2) is 0 Å². The highest BCUT2D eigenvalue weighted by Gasteiger charge is 2.19. The first-order valence-corrected chi connectivity index (χ1v) is 11.9. The number of hydrogen-bond donors (Lipinski definition) is 0. The van der Waals surface area contributed by atoms with Crippen LogP contribution in [-0.4, -0.2) is 10.2 Å². The fourth-order valence-electron chi connectivity index (χ4n) is 3.46. The molecule has 3 aromatic rings. The van der Waals surface area contributed by atoms with Gasteiger partial charge in [-0.1, -0.05) is 86.7 Å². The molecule has 3 rings (SSSR count). The second kappa shape index (κ2) is 12.4. The molecule has 1 radical (unpaired) electrons. The van der Waals surface area contributed by atoms with Crippen molar-refractivity contribution in [2.45, 2.75) is 37.7 Å². The molecule has 0 bridgehead atoms. The van der Waals surface area contributed by atoms with Gasteiger partial charge in [-0.3, -0.25) is 4.98 Å². The van der Waals surface area contributed by atoms with Crippen molar-refractivity contribution < 1.29 is 0 Å². The molecule has 0 N–H and O–H groups in total. The van der Waals surface area contributed by atoms with Gasteiger partial charge in [0, 0.05) is 23.4 Å². The Hall–Kier alpha value is -2.32. The van der Waals surface area contributed by atoms with Crippen LogP contribution in [0, 0.1) is 18.3 Å². The topological polar surface area (TPSA) is 12.9 Å². The fraction of sp³-hybridized carbons (Fsp3) is 0.286. The number of rotatable bonds is 11. The van der Waals surface area contributed by atoms with Crippen molar-refractivity contribution >= 4 is 17.8 Å². The second-order valence-corrected chi connectivity index (χ2v) is 9.29. The normalized spacial score (nSPS) is 13.6. The van der Waals surface area contributed by atoms with Gasteiger partial charge >= 0.3 is 0 Å². The summed E-state index contributed by atoms with van der Waals surface area (Å²) in [7, 11) is 0. The van der Waals surface area contributed by atoms with Crippen molar-refractivity contribution in [3.63, 3.8) is 0 Å². The van der Waals surface area contributed by atoms with E-state index in [0.717, 1.165) is 12.2 Å². The van der Waals surface area contributed by atoms with E-state index in [9.17, 15) is 0 Å². The van der Waals surface area contributed by atoms with Gasteiger partial charge in [0.05, 0.1) is 0 Å². The predicted molar refractivity (Wildman–Crippen MR) is 132 cm³/mol. The largest absolute Gasteiger partial charge is 0.265 e. The molecular weight excluding hydrogens is 382 g/mol. The number of pyridine rings is 1. The standard InChI is InChI=1S/C28H32NS/c1-23(2)28(30-22-27-11-7-4-8-12-27)21-26(15-13-24-9-5-3-6-10-24)16-14-25-17-19-29-20-18-25/h3-15,17-20,23,26,28H,16,21-22H2,1-2H3. The van der Waals surface area contributed by atoms with Crippen LogP contribution in [0.2, 0.25) is 0 Å². The van der Waals surface area contributed by atoms with Crippen LogP contribution in [0.4, 0.5) is 0 Å². The molecule has 2 aromatic carbocycles. The van der Waals surface area contributed by atoms with E-state index in [0.29, 0.717) is 17.1 Å². The third-order valence-electron chi connectivity index (χ3n) is 5.31. The van der Waals surface area contributed by atoms with Gasteiger partial charge in [0.1, 0.15) is 0 Å². The first-order valence-electron chi connectivity index (χ1n) is 10.8. The molecule has 1 aromatic heterocycles. The molecule has 2 unspecified atom stereocenters. The average Bonchev–Trinajstić information content (AvgIpc) is 2.79. The van der Waals surface area contributed by atoms with Gasteiger partial charge in [-0.05, 0) is 59.9 Å². The van der Waals surface area contributed by atoms with Gasteiger partial charge in [0.2, 0.25) is 0 Å². The predicted octanol–water partition coefficient (Wildman–Crippen LogP) is 7.70. The molecule has 0 saturated heterocycles. The minimum Gasteiger partial charge on any atom is -0.265 e. The molecule has 1 nitrogen and oxygen atoms in total. The lowest BCUT2D eigenvalue weighted by atomic mass is 9.91. The Morgan fingerprint density at radius 3 is 2.17 bits per heavy atom. The zero-order valence-electron chi connectivity index (χ0n) is 18.0. The van der Waals surface area contributed by atoms with Crippen molar-refractivity contribution in [3.8, 4) is 0 Å². The molecule has 0 aliphatic heterocycles. The van der Waals surface area contributed by atoms with Gasteiger partial charge in [-0.2, -0.15) is 11.8 Å². The van der Waals surface area contributed by atoms with Crippen molar-refractivity contribution in [1.29, 1.82) is 0 Å². The number of benzene rings is 2. The monoisotopic (exact) mass is 414 g/mol. The van der Waals surface area contributed by atoms with Gasteiger partial charge < -0.3 is 0 Å². The van der Waals surface area contributed by atoms with E-state index in [1.807, 2.05) is 12.4 Å². The van der Waals surface area contributed by atoms with Crippen LogP contribution in [0.15, 0.2) is 91.3 Å². The summed E-state index contributed by atoms with van der Waals surface area (Å²) in [6.45, 7) is 4.71. The lowest BCUT2D eigenvalue weighted by molar-refractivity contribution is 0.493. The summed E-state index contributed by atoms with van der Waals surface area (Å²) in [4.78, 5) is 4.14. The van der Waals surface area contributed by atoms with Gasteiger partial charge in [0.15, 0.2) is 0 Å². The summed E-state index contributed by atoms with van der Waals surface area (Å²) < 4.78 is 0. The third-order valence-corrected chi connectivity index (χ3v) is 6.97. The maximum atomic E-state index is 4.14. The quantitative estimate of drug-likeness (QED) is 0.319. The van der Waals surface area contributed by atoms with Gasteiger partial charge in [-0.15, -0.1) is 0 Å². The summed E-state index contributed by atoms with van der Waals surface area (Å²) in [5.74, 6) is 2.23. The van der Waals surface area contributed by atoms with Crippen LogP contribution < -0.4 is 0 Å². The van der Waals surface area contributed by atoms with Crippen LogP contribution in [-0.2, 0) is 5.75 Å². The Bertz CT molecular complexity index is 859. The van der Waals surface area contributed by atoms with Crippen LogP contribution in [0.1, 0.15) is 43.4 Å². The molecule has 0 fully saturated rings. The molecule has 30 heavy (non-hydrogen) atoms. The Morgan fingerprint density at radius 2 is 1.50 bits per heavy atom. The number of nitrogens with zero attached hydrogens (tertiary/aromatic N) is 1. The Morgan fingerprint density at radius 1 is 0.833 bits per heavy atom. The van der Waals surface area contributed by atoms with E-state index >= 15 is 0 Å². The lowest BCUT2D eigenvalue weighted by Gasteiger charge is -2.25. The van der Waals surface area contributed by atoms with Crippen LogP contribution >= 0.6 is 11.8 Å². The zero-order chi connectivity index (χ0) is 21.0. The zero-order valence-corrected chi connectivity index (χ0v) is 18.8. The SMILES string of the molecule is CC(C)C(CC(C=Cc1ccccc1)C[CH]c1ccncc1)SCc1ccccc1. The van der Waals surface area contributed by atoms with E-state index in [4.69, 9.17) is 0 Å². The second-order valence-electron chi connectivity index (χ2n) is 8.07. The Kier molecular flexibility index (Phi) is 9.24. The van der Waals surface area contributed by atoms with Crippen molar-refractivity contribution in [3.05, 3.63) is 114 Å². The summed E-state index contributed by atoms with van der Waals surface area (Å²) in [6.07, 6.45) is 13.0. The molecular formula is C28H32NS. The third kappa shape index (κ3) is 7.84. The Labute approximate surface area is 186 Å². The number of allylic oxidation sites excluding steroid dienone is 1. The molecule has 0 aliphatic carbocycles. The smallest absolute Gasteiger partial charge is 0.0270 e. The maximum absolute atomic E-state index is 4.14. The summed E-state index contributed by atoms with van der Waals surface area (Å²) >= 11 is 2.10. The van der Waals surface area contributed by atoms with Crippen LogP contribution in [0.5, 0.6) is 0 Å². The highest BCUT2D eigenvalue weighted by atomic mass is 32.2. The fourth-order valence-corrected chi connectivity index (χ4v) is 4.83. The van der Waals surface area contributed by atoms with Crippen molar-refractivity contribution in [2.24, 2.45) is 11.8 Å². The molecule has 2 atom stereocenters. The summed E-state index contributed by atoms with van der Waals surface area (Å²) in [6, 6.07) is 25.6.